The van der Waals surface area contributed by atoms with Gasteiger partial charge >= 0.3 is 5.76 Å². The van der Waals surface area contributed by atoms with Crippen LogP contribution in [0.4, 0.5) is 0 Å². The summed E-state index contributed by atoms with van der Waals surface area (Å²) in [6.07, 6.45) is 0. The Balaban J connectivity index is 1.57. The number of nitrogens with zero attached hydrogens (tertiary/aromatic N) is 1. The molecule has 0 radical (unpaired) electrons. The van der Waals surface area contributed by atoms with Gasteiger partial charge in [-0.3, -0.25) is 14.7 Å². The zero-order valence-electron chi connectivity index (χ0n) is 12.3. The molecule has 0 spiro atoms. The van der Waals surface area contributed by atoms with Gasteiger partial charge in [0, 0.05) is 25.7 Å². The maximum Gasteiger partial charge on any atom is 0.417 e. The van der Waals surface area contributed by atoms with Crippen molar-refractivity contribution in [3.63, 3.8) is 0 Å². The summed E-state index contributed by atoms with van der Waals surface area (Å²) in [4.78, 5) is 22.7. The first-order chi connectivity index (χ1) is 11.0. The smallest absolute Gasteiger partial charge is 0.408 e. The molecule has 10 heteroatoms. The predicted molar refractivity (Wildman–Crippen MR) is 80.4 cm³/mol. The zero-order chi connectivity index (χ0) is 16.3. The van der Waals surface area contributed by atoms with Crippen LogP contribution in [0.1, 0.15) is 0 Å². The molecule has 1 aromatic heterocycles. The molecule has 2 N–H and O–H groups in total. The highest BCUT2D eigenvalue weighted by Gasteiger charge is 2.17. The van der Waals surface area contributed by atoms with Gasteiger partial charge < -0.3 is 9.15 Å². The van der Waals surface area contributed by atoms with Crippen LogP contribution in [0.25, 0.3) is 11.1 Å². The van der Waals surface area contributed by atoms with Crippen molar-refractivity contribution in [2.24, 2.45) is 0 Å². The van der Waals surface area contributed by atoms with E-state index in [1.165, 1.54) is 18.2 Å². The third kappa shape index (κ3) is 3.98. The number of aromatic amines is 1. The average Bonchev–Trinajstić information content (AvgIpc) is 2.92. The van der Waals surface area contributed by atoms with Gasteiger partial charge in [-0.15, -0.1) is 0 Å². The first kappa shape index (κ1) is 16.1. The van der Waals surface area contributed by atoms with E-state index in [9.17, 15) is 13.2 Å². The van der Waals surface area contributed by atoms with Gasteiger partial charge in [0.15, 0.2) is 5.58 Å². The SMILES string of the molecule is O=c1[nH]c2ccc(S(=O)(=O)NOCCN3CCOCC3)cc2o1. The fraction of sp³-hybridized carbons (Fsp3) is 0.462. The Kier molecular flexibility index (Phi) is 4.78. The highest BCUT2D eigenvalue weighted by molar-refractivity contribution is 7.89. The van der Waals surface area contributed by atoms with Gasteiger partial charge in [0.05, 0.1) is 30.2 Å². The minimum atomic E-state index is -3.84. The number of rotatable bonds is 6. The summed E-state index contributed by atoms with van der Waals surface area (Å²) >= 11 is 0. The Morgan fingerprint density at radius 3 is 2.87 bits per heavy atom. The number of H-pyrrole nitrogens is 1. The van der Waals surface area contributed by atoms with Gasteiger partial charge in [-0.2, -0.15) is 0 Å². The molecule has 0 bridgehead atoms. The molecule has 9 nitrogen and oxygen atoms in total. The van der Waals surface area contributed by atoms with E-state index >= 15 is 0 Å². The first-order valence-corrected chi connectivity index (χ1v) is 8.59. The van der Waals surface area contributed by atoms with E-state index in [2.05, 4.69) is 14.8 Å². The van der Waals surface area contributed by atoms with Crippen molar-refractivity contribution in [1.29, 1.82) is 0 Å². The molecule has 1 fully saturated rings. The zero-order valence-corrected chi connectivity index (χ0v) is 13.1. The van der Waals surface area contributed by atoms with Gasteiger partial charge in [0.25, 0.3) is 10.0 Å². The highest BCUT2D eigenvalue weighted by Crippen LogP contribution is 2.16. The van der Waals surface area contributed by atoms with E-state index in [1.807, 2.05) is 0 Å². The predicted octanol–water partition coefficient (Wildman–Crippen LogP) is -0.337. The highest BCUT2D eigenvalue weighted by atomic mass is 32.2. The first-order valence-electron chi connectivity index (χ1n) is 7.11. The fourth-order valence-corrected chi connectivity index (χ4v) is 3.10. The fourth-order valence-electron chi connectivity index (χ4n) is 2.26. The van der Waals surface area contributed by atoms with Crippen LogP contribution in [-0.2, 0) is 19.6 Å². The summed E-state index contributed by atoms with van der Waals surface area (Å²) in [5.74, 6) is -0.635. The summed E-state index contributed by atoms with van der Waals surface area (Å²) < 4.78 is 34.3. The maximum atomic E-state index is 12.1. The second-order valence-electron chi connectivity index (χ2n) is 5.06. The molecule has 23 heavy (non-hydrogen) atoms. The van der Waals surface area contributed by atoms with Crippen molar-refractivity contribution in [3.8, 4) is 0 Å². The van der Waals surface area contributed by atoms with Crippen LogP contribution >= 0.6 is 0 Å². The van der Waals surface area contributed by atoms with Crippen molar-refractivity contribution in [1.82, 2.24) is 14.8 Å². The lowest BCUT2D eigenvalue weighted by Crippen LogP contribution is -2.39. The summed E-state index contributed by atoms with van der Waals surface area (Å²) in [7, 11) is -3.84. The average molecular weight is 343 g/mol. The molecule has 3 rings (SSSR count). The van der Waals surface area contributed by atoms with Crippen LogP contribution in [-0.4, -0.2) is 57.8 Å². The van der Waals surface area contributed by atoms with Crippen LogP contribution in [0, 0.1) is 0 Å². The summed E-state index contributed by atoms with van der Waals surface area (Å²) in [5, 5.41) is 0. The number of morpholine rings is 1. The number of hydrogen-bond acceptors (Lipinski definition) is 7. The van der Waals surface area contributed by atoms with E-state index in [4.69, 9.17) is 14.0 Å². The molecule has 0 saturated carbocycles. The van der Waals surface area contributed by atoms with Gasteiger partial charge in [-0.1, -0.05) is 4.89 Å². The van der Waals surface area contributed by atoms with Crippen LogP contribution < -0.4 is 10.6 Å². The van der Waals surface area contributed by atoms with Gasteiger partial charge in [0.2, 0.25) is 0 Å². The molecule has 1 aliphatic heterocycles. The summed E-state index contributed by atoms with van der Waals surface area (Å²) in [6.45, 7) is 3.79. The number of ether oxygens (including phenoxy) is 1. The number of oxazole rings is 1. The topological polar surface area (TPSA) is 114 Å². The molecule has 0 aliphatic carbocycles. The number of sulfonamides is 1. The number of aromatic nitrogens is 1. The molecular formula is C13H17N3O6S. The molecule has 0 amide bonds. The Morgan fingerprint density at radius 1 is 1.30 bits per heavy atom. The molecule has 126 valence electrons. The number of hydrogen-bond donors (Lipinski definition) is 2. The Labute approximate surface area is 132 Å². The molecule has 2 aromatic rings. The molecule has 0 atom stereocenters. The summed E-state index contributed by atoms with van der Waals surface area (Å²) in [5.41, 5.74) is 0.605. The Morgan fingerprint density at radius 2 is 2.09 bits per heavy atom. The van der Waals surface area contributed by atoms with Crippen LogP contribution in [0.5, 0.6) is 0 Å². The lowest BCUT2D eigenvalue weighted by molar-refractivity contribution is 0.0125. The van der Waals surface area contributed by atoms with E-state index in [1.54, 1.807) is 0 Å². The molecular weight excluding hydrogens is 326 g/mol. The Hall–Kier alpha value is -1.72. The molecule has 1 aromatic carbocycles. The third-order valence-corrected chi connectivity index (χ3v) is 4.70. The second kappa shape index (κ2) is 6.81. The lowest BCUT2D eigenvalue weighted by atomic mass is 10.3. The van der Waals surface area contributed by atoms with Crippen molar-refractivity contribution in [2.75, 3.05) is 39.5 Å². The normalized spacial score (nSPS) is 16.9. The summed E-state index contributed by atoms with van der Waals surface area (Å²) in [6, 6.07) is 4.09. The van der Waals surface area contributed by atoms with E-state index < -0.39 is 15.8 Å². The van der Waals surface area contributed by atoms with E-state index in [-0.39, 0.29) is 17.1 Å². The van der Waals surface area contributed by atoms with Crippen molar-refractivity contribution in [2.45, 2.75) is 4.90 Å². The maximum absolute atomic E-state index is 12.1. The Bertz CT molecular complexity index is 822. The van der Waals surface area contributed by atoms with Gasteiger partial charge in [0.1, 0.15) is 0 Å². The second-order valence-corrected chi connectivity index (χ2v) is 6.71. The van der Waals surface area contributed by atoms with Crippen LogP contribution in [0.2, 0.25) is 0 Å². The number of fused-ring (bicyclic) bond motifs is 1. The van der Waals surface area contributed by atoms with Crippen molar-refractivity contribution >= 4 is 21.1 Å². The minimum Gasteiger partial charge on any atom is -0.408 e. The van der Waals surface area contributed by atoms with Crippen molar-refractivity contribution in [3.05, 3.63) is 28.7 Å². The quantitative estimate of drug-likeness (QED) is 0.545. The standard InChI is InChI=1S/C13H17N3O6S/c17-13-14-11-2-1-10(9-12(11)22-13)23(18,19)15-21-8-5-16-3-6-20-7-4-16/h1-2,9,15H,3-8H2,(H,14,17). The third-order valence-electron chi connectivity index (χ3n) is 3.48. The lowest BCUT2D eigenvalue weighted by Gasteiger charge is -2.26. The molecule has 2 heterocycles. The van der Waals surface area contributed by atoms with E-state index in [0.29, 0.717) is 25.3 Å². The minimum absolute atomic E-state index is 0.0425. The van der Waals surface area contributed by atoms with Crippen LogP contribution in [0.15, 0.2) is 32.3 Å². The monoisotopic (exact) mass is 343 g/mol. The largest absolute Gasteiger partial charge is 0.417 e. The van der Waals surface area contributed by atoms with Crippen molar-refractivity contribution < 1.29 is 22.4 Å². The van der Waals surface area contributed by atoms with Crippen LogP contribution in [0.3, 0.4) is 0 Å². The number of nitrogens with one attached hydrogen (secondary N) is 2. The molecule has 1 saturated heterocycles. The van der Waals surface area contributed by atoms with Gasteiger partial charge in [-0.25, -0.2) is 13.2 Å². The molecule has 1 aliphatic rings. The molecule has 0 unspecified atom stereocenters. The van der Waals surface area contributed by atoms with E-state index in [0.717, 1.165) is 13.1 Å². The number of benzene rings is 1. The van der Waals surface area contributed by atoms with Gasteiger partial charge in [-0.05, 0) is 12.1 Å².